The summed E-state index contributed by atoms with van der Waals surface area (Å²) in [4.78, 5) is 20.8. The summed E-state index contributed by atoms with van der Waals surface area (Å²) in [7, 11) is 0. The van der Waals surface area contributed by atoms with E-state index in [1.165, 1.54) is 0 Å². The van der Waals surface area contributed by atoms with E-state index in [9.17, 15) is 4.79 Å². The molecule has 4 rings (SSSR count). The van der Waals surface area contributed by atoms with Gasteiger partial charge in [-0.1, -0.05) is 29.3 Å². The summed E-state index contributed by atoms with van der Waals surface area (Å²) in [6.45, 7) is 1.90. The molecule has 8 heteroatoms. The zero-order chi connectivity index (χ0) is 17.6. The molecule has 1 atom stereocenters. The molecule has 0 fully saturated rings. The summed E-state index contributed by atoms with van der Waals surface area (Å²) in [6, 6.07) is 7.04. The Labute approximate surface area is 153 Å². The van der Waals surface area contributed by atoms with Crippen LogP contribution in [-0.4, -0.2) is 25.7 Å². The summed E-state index contributed by atoms with van der Waals surface area (Å²) >= 11 is 12.4. The Morgan fingerprint density at radius 3 is 2.72 bits per heavy atom. The molecule has 1 aromatic carbocycles. The van der Waals surface area contributed by atoms with Crippen molar-refractivity contribution in [1.29, 1.82) is 0 Å². The van der Waals surface area contributed by atoms with Crippen LogP contribution in [0, 0.1) is 6.92 Å². The zero-order valence-electron chi connectivity index (χ0n) is 13.2. The molecule has 3 aromatic rings. The van der Waals surface area contributed by atoms with E-state index < -0.39 is 0 Å². The average molecular weight is 374 g/mol. The molecule has 0 bridgehead atoms. The molecule has 0 aliphatic carbocycles. The molecule has 1 amide bonds. The third-order valence-corrected chi connectivity index (χ3v) is 4.74. The van der Waals surface area contributed by atoms with Gasteiger partial charge in [0.2, 0.25) is 5.91 Å². The summed E-state index contributed by atoms with van der Waals surface area (Å²) < 4.78 is 1.55. The van der Waals surface area contributed by atoms with E-state index in [4.69, 9.17) is 23.2 Å². The zero-order valence-corrected chi connectivity index (χ0v) is 14.7. The fourth-order valence-corrected chi connectivity index (χ4v) is 3.68. The Bertz CT molecular complexity index is 971. The number of nitrogens with zero attached hydrogens (tertiary/aromatic N) is 4. The van der Waals surface area contributed by atoms with Crippen molar-refractivity contribution >= 4 is 34.9 Å². The molecule has 25 heavy (non-hydrogen) atoms. The van der Waals surface area contributed by atoms with Crippen LogP contribution in [0.4, 0.5) is 5.82 Å². The number of halogens is 2. The monoisotopic (exact) mass is 373 g/mol. The van der Waals surface area contributed by atoms with Crippen LogP contribution in [0.3, 0.4) is 0 Å². The predicted octanol–water partition coefficient (Wildman–Crippen LogP) is 3.75. The Kier molecular flexibility index (Phi) is 3.94. The molecule has 0 spiro atoms. The first-order chi connectivity index (χ1) is 12.0. The van der Waals surface area contributed by atoms with Gasteiger partial charge in [-0.25, -0.2) is 9.97 Å². The van der Waals surface area contributed by atoms with Gasteiger partial charge in [-0.05, 0) is 30.7 Å². The Hall–Kier alpha value is -2.44. The van der Waals surface area contributed by atoms with Crippen LogP contribution >= 0.6 is 23.2 Å². The van der Waals surface area contributed by atoms with Gasteiger partial charge in [0.25, 0.3) is 5.95 Å². The molecule has 3 heterocycles. The highest BCUT2D eigenvalue weighted by Gasteiger charge is 2.34. The lowest BCUT2D eigenvalue weighted by atomic mass is 9.86. The van der Waals surface area contributed by atoms with E-state index in [0.29, 0.717) is 21.8 Å². The van der Waals surface area contributed by atoms with Crippen molar-refractivity contribution in [1.82, 2.24) is 19.7 Å². The average Bonchev–Trinajstić information content (AvgIpc) is 2.92. The van der Waals surface area contributed by atoms with Crippen molar-refractivity contribution < 1.29 is 4.79 Å². The molecule has 0 radical (unpaired) electrons. The third kappa shape index (κ3) is 2.77. The van der Waals surface area contributed by atoms with Crippen LogP contribution in [-0.2, 0) is 4.79 Å². The maximum Gasteiger partial charge on any atom is 0.252 e. The third-order valence-electron chi connectivity index (χ3n) is 4.18. The van der Waals surface area contributed by atoms with Crippen molar-refractivity contribution in [3.8, 4) is 5.95 Å². The normalized spacial score (nSPS) is 16.4. The van der Waals surface area contributed by atoms with Crippen LogP contribution in [0.25, 0.3) is 5.95 Å². The number of hydrogen-bond acceptors (Lipinski definition) is 4. The number of amides is 1. The van der Waals surface area contributed by atoms with Gasteiger partial charge in [0.15, 0.2) is 0 Å². The first-order valence-electron chi connectivity index (χ1n) is 7.66. The highest BCUT2D eigenvalue weighted by atomic mass is 35.5. The van der Waals surface area contributed by atoms with Crippen LogP contribution < -0.4 is 5.32 Å². The molecular formula is C17H13Cl2N5O. The molecular weight excluding hydrogens is 361 g/mol. The molecule has 1 aliphatic rings. The fourth-order valence-electron chi connectivity index (χ4n) is 3.14. The minimum Gasteiger partial charge on any atom is -0.310 e. The lowest BCUT2D eigenvalue weighted by Crippen LogP contribution is -2.25. The summed E-state index contributed by atoms with van der Waals surface area (Å²) in [5.41, 5.74) is 2.55. The van der Waals surface area contributed by atoms with Gasteiger partial charge in [-0.3, -0.25) is 4.79 Å². The smallest absolute Gasteiger partial charge is 0.252 e. The molecule has 0 saturated carbocycles. The van der Waals surface area contributed by atoms with Crippen molar-refractivity contribution in [2.75, 3.05) is 5.32 Å². The van der Waals surface area contributed by atoms with Gasteiger partial charge in [0, 0.05) is 40.3 Å². The SMILES string of the molecule is Cc1nn(-c2ncccn2)c2c1[C@H](c1ccc(Cl)cc1Cl)CC(=O)N2. The lowest BCUT2D eigenvalue weighted by Gasteiger charge is -2.25. The molecule has 1 aliphatic heterocycles. The van der Waals surface area contributed by atoms with Gasteiger partial charge in [-0.15, -0.1) is 0 Å². The minimum absolute atomic E-state index is 0.111. The van der Waals surface area contributed by atoms with Crippen molar-refractivity contribution in [2.24, 2.45) is 0 Å². The number of carbonyl (C=O) groups is 1. The topological polar surface area (TPSA) is 72.7 Å². The molecule has 0 saturated heterocycles. The summed E-state index contributed by atoms with van der Waals surface area (Å²) in [6.07, 6.45) is 3.55. The van der Waals surface area contributed by atoms with Crippen molar-refractivity contribution in [3.63, 3.8) is 0 Å². The van der Waals surface area contributed by atoms with Crippen LogP contribution in [0.15, 0.2) is 36.7 Å². The van der Waals surface area contributed by atoms with E-state index in [-0.39, 0.29) is 18.2 Å². The van der Waals surface area contributed by atoms with Crippen molar-refractivity contribution in [2.45, 2.75) is 19.3 Å². The number of nitrogens with one attached hydrogen (secondary N) is 1. The summed E-state index contributed by atoms with van der Waals surface area (Å²) in [5, 5.41) is 8.50. The van der Waals surface area contributed by atoms with Gasteiger partial charge in [0.1, 0.15) is 5.82 Å². The van der Waals surface area contributed by atoms with Crippen LogP contribution in [0.1, 0.15) is 29.2 Å². The minimum atomic E-state index is -0.203. The van der Waals surface area contributed by atoms with E-state index in [2.05, 4.69) is 20.4 Å². The van der Waals surface area contributed by atoms with Gasteiger partial charge >= 0.3 is 0 Å². The highest BCUT2D eigenvalue weighted by molar-refractivity contribution is 6.35. The fraction of sp³-hybridized carbons (Fsp3) is 0.176. The first-order valence-corrected chi connectivity index (χ1v) is 8.42. The van der Waals surface area contributed by atoms with Crippen molar-refractivity contribution in [3.05, 3.63) is 63.5 Å². The maximum absolute atomic E-state index is 12.3. The van der Waals surface area contributed by atoms with Crippen LogP contribution in [0.5, 0.6) is 0 Å². The number of carbonyl (C=O) groups excluding carboxylic acids is 1. The Morgan fingerprint density at radius 2 is 2.00 bits per heavy atom. The number of rotatable bonds is 2. The Balaban J connectivity index is 1.90. The van der Waals surface area contributed by atoms with Gasteiger partial charge < -0.3 is 5.32 Å². The number of aryl methyl sites for hydroxylation is 1. The molecule has 126 valence electrons. The largest absolute Gasteiger partial charge is 0.310 e. The van der Waals surface area contributed by atoms with E-state index in [1.807, 2.05) is 13.0 Å². The number of hydrogen-bond donors (Lipinski definition) is 1. The second kappa shape index (κ2) is 6.13. The van der Waals surface area contributed by atoms with Gasteiger partial charge in [-0.2, -0.15) is 9.78 Å². The first kappa shape index (κ1) is 16.1. The second-order valence-electron chi connectivity index (χ2n) is 5.78. The van der Waals surface area contributed by atoms with E-state index in [1.54, 1.807) is 35.3 Å². The molecule has 2 aromatic heterocycles. The van der Waals surface area contributed by atoms with E-state index in [0.717, 1.165) is 16.8 Å². The lowest BCUT2D eigenvalue weighted by molar-refractivity contribution is -0.116. The van der Waals surface area contributed by atoms with Crippen LogP contribution in [0.2, 0.25) is 10.0 Å². The quantitative estimate of drug-likeness (QED) is 0.742. The van der Waals surface area contributed by atoms with E-state index >= 15 is 0 Å². The molecule has 6 nitrogen and oxygen atoms in total. The number of anilines is 1. The Morgan fingerprint density at radius 1 is 1.24 bits per heavy atom. The number of benzene rings is 1. The highest BCUT2D eigenvalue weighted by Crippen LogP contribution is 2.42. The number of aromatic nitrogens is 4. The standard InChI is InChI=1S/C17H13Cl2N5O/c1-9-15-12(11-4-3-10(18)7-13(11)19)8-14(25)22-16(15)24(23-9)17-20-5-2-6-21-17/h2-7,12H,8H2,1H3,(H,22,25)/t12-/m0/s1. The van der Waals surface area contributed by atoms with Gasteiger partial charge in [0.05, 0.1) is 5.69 Å². The molecule has 0 unspecified atom stereocenters. The maximum atomic E-state index is 12.3. The second-order valence-corrected chi connectivity index (χ2v) is 6.62. The summed E-state index contributed by atoms with van der Waals surface area (Å²) in [5.74, 6) is 0.664. The predicted molar refractivity (Wildman–Crippen MR) is 95.4 cm³/mol. The molecule has 1 N–H and O–H groups in total. The number of fused-ring (bicyclic) bond motifs is 1.